The summed E-state index contributed by atoms with van der Waals surface area (Å²) in [6, 6.07) is 3.97. The van der Waals surface area contributed by atoms with Crippen molar-refractivity contribution in [3.8, 4) is 0 Å². The third kappa shape index (κ3) is 2.13. The number of hydrogen-bond acceptors (Lipinski definition) is 1. The summed E-state index contributed by atoms with van der Waals surface area (Å²) < 4.78 is 37.5. The van der Waals surface area contributed by atoms with E-state index in [9.17, 15) is 13.2 Å². The van der Waals surface area contributed by atoms with E-state index in [0.717, 1.165) is 6.07 Å². The molecule has 1 N–H and O–H groups in total. The van der Waals surface area contributed by atoms with Gasteiger partial charge in [-0.3, -0.25) is 0 Å². The van der Waals surface area contributed by atoms with Crippen molar-refractivity contribution in [2.45, 2.75) is 20.0 Å². The van der Waals surface area contributed by atoms with Crippen LogP contribution < -0.4 is 0 Å². The standard InChI is InChI=1S/C10H10F3N/c1-6-3-4-8(7(2)14)9(5-6)10(11,12)13/h3-5,14H,1-2H3. The third-order valence-corrected chi connectivity index (χ3v) is 1.88. The van der Waals surface area contributed by atoms with E-state index in [1.807, 2.05) is 0 Å². The number of nitrogens with one attached hydrogen (secondary N) is 1. The number of alkyl halides is 3. The van der Waals surface area contributed by atoms with Crippen LogP contribution in [0.3, 0.4) is 0 Å². The molecule has 1 aromatic carbocycles. The molecule has 0 unspecified atom stereocenters. The van der Waals surface area contributed by atoms with Gasteiger partial charge in [0.15, 0.2) is 0 Å². The molecule has 1 nitrogen and oxygen atoms in total. The maximum absolute atomic E-state index is 12.5. The van der Waals surface area contributed by atoms with E-state index in [0.29, 0.717) is 5.56 Å². The zero-order valence-corrected chi connectivity index (χ0v) is 7.87. The maximum Gasteiger partial charge on any atom is 0.417 e. The Hall–Kier alpha value is -1.32. The highest BCUT2D eigenvalue weighted by Crippen LogP contribution is 2.32. The molecule has 0 atom stereocenters. The van der Waals surface area contributed by atoms with Gasteiger partial charge in [-0.25, -0.2) is 0 Å². The molecule has 0 saturated heterocycles. The van der Waals surface area contributed by atoms with E-state index in [1.54, 1.807) is 13.0 Å². The normalized spacial score (nSPS) is 11.5. The van der Waals surface area contributed by atoms with Gasteiger partial charge in [-0.05, 0) is 19.9 Å². The second-order valence-electron chi connectivity index (χ2n) is 3.17. The van der Waals surface area contributed by atoms with E-state index < -0.39 is 11.7 Å². The number of aryl methyl sites for hydroxylation is 1. The van der Waals surface area contributed by atoms with Crippen molar-refractivity contribution >= 4 is 5.71 Å². The van der Waals surface area contributed by atoms with Crippen molar-refractivity contribution in [2.75, 3.05) is 0 Å². The first-order chi connectivity index (χ1) is 6.32. The molecule has 1 aromatic rings. The summed E-state index contributed by atoms with van der Waals surface area (Å²) in [5.74, 6) is 0. The minimum Gasteiger partial charge on any atom is -0.305 e. The topological polar surface area (TPSA) is 23.9 Å². The van der Waals surface area contributed by atoms with Gasteiger partial charge in [0.1, 0.15) is 0 Å². The first kappa shape index (κ1) is 10.8. The largest absolute Gasteiger partial charge is 0.417 e. The molecule has 0 amide bonds. The molecule has 4 heteroatoms. The lowest BCUT2D eigenvalue weighted by atomic mass is 10.0. The lowest BCUT2D eigenvalue weighted by molar-refractivity contribution is -0.137. The van der Waals surface area contributed by atoms with Gasteiger partial charge in [0.25, 0.3) is 0 Å². The second kappa shape index (κ2) is 3.44. The summed E-state index contributed by atoms with van der Waals surface area (Å²) in [4.78, 5) is 0. The van der Waals surface area contributed by atoms with E-state index >= 15 is 0 Å². The van der Waals surface area contributed by atoms with Crippen LogP contribution in [0.15, 0.2) is 18.2 Å². The monoisotopic (exact) mass is 201 g/mol. The Kier molecular flexibility index (Phi) is 2.64. The molecule has 0 spiro atoms. The highest BCUT2D eigenvalue weighted by molar-refractivity contribution is 5.97. The first-order valence-electron chi connectivity index (χ1n) is 4.05. The predicted molar refractivity (Wildman–Crippen MR) is 48.7 cm³/mol. The summed E-state index contributed by atoms with van der Waals surface area (Å²) in [6.45, 7) is 2.94. The summed E-state index contributed by atoms with van der Waals surface area (Å²) in [5.41, 5.74) is -0.312. The average molecular weight is 201 g/mol. The number of rotatable bonds is 1. The summed E-state index contributed by atoms with van der Waals surface area (Å²) in [5, 5.41) is 7.23. The minimum atomic E-state index is -4.39. The van der Waals surface area contributed by atoms with Crippen molar-refractivity contribution in [3.05, 3.63) is 34.9 Å². The average Bonchev–Trinajstić information content (AvgIpc) is 2.01. The molecule has 76 valence electrons. The van der Waals surface area contributed by atoms with E-state index in [4.69, 9.17) is 5.41 Å². The molecule has 0 fully saturated rings. The molecule has 0 aliphatic rings. The summed E-state index contributed by atoms with van der Waals surface area (Å²) in [6.07, 6.45) is -4.39. The minimum absolute atomic E-state index is 0.0527. The van der Waals surface area contributed by atoms with Crippen LogP contribution >= 0.6 is 0 Å². The predicted octanol–water partition coefficient (Wildman–Crippen LogP) is 3.40. The van der Waals surface area contributed by atoms with Crippen molar-refractivity contribution in [1.29, 1.82) is 5.41 Å². The highest BCUT2D eigenvalue weighted by atomic mass is 19.4. The molecule has 0 aliphatic carbocycles. The molecule has 0 radical (unpaired) electrons. The Bertz CT molecular complexity index is 366. The number of halogens is 3. The fourth-order valence-electron chi connectivity index (χ4n) is 1.22. The smallest absolute Gasteiger partial charge is 0.305 e. The van der Waals surface area contributed by atoms with Crippen LogP contribution in [0.25, 0.3) is 0 Å². The molecule has 0 bridgehead atoms. The Morgan fingerprint density at radius 1 is 1.29 bits per heavy atom. The molecule has 1 rings (SSSR count). The Morgan fingerprint density at radius 2 is 1.86 bits per heavy atom. The van der Waals surface area contributed by atoms with Crippen LogP contribution in [0, 0.1) is 12.3 Å². The van der Waals surface area contributed by atoms with Gasteiger partial charge in [-0.2, -0.15) is 13.2 Å². The van der Waals surface area contributed by atoms with Crippen molar-refractivity contribution in [2.24, 2.45) is 0 Å². The number of hydrogen-bond donors (Lipinski definition) is 1. The molecule has 14 heavy (non-hydrogen) atoms. The third-order valence-electron chi connectivity index (χ3n) is 1.88. The fraction of sp³-hybridized carbons (Fsp3) is 0.300. The SMILES string of the molecule is CC(=N)c1ccc(C)cc1C(F)(F)F. The van der Waals surface area contributed by atoms with Crippen molar-refractivity contribution in [3.63, 3.8) is 0 Å². The van der Waals surface area contributed by atoms with Crippen LogP contribution in [-0.2, 0) is 6.18 Å². The fourth-order valence-corrected chi connectivity index (χ4v) is 1.22. The summed E-state index contributed by atoms with van der Waals surface area (Å²) in [7, 11) is 0. The lowest BCUT2D eigenvalue weighted by Gasteiger charge is -2.12. The van der Waals surface area contributed by atoms with Crippen molar-refractivity contribution < 1.29 is 13.2 Å². The van der Waals surface area contributed by atoms with Crippen LogP contribution in [0.2, 0.25) is 0 Å². The van der Waals surface area contributed by atoms with E-state index in [-0.39, 0.29) is 11.3 Å². The molecular weight excluding hydrogens is 191 g/mol. The Labute approximate surface area is 80.1 Å². The highest BCUT2D eigenvalue weighted by Gasteiger charge is 2.33. The van der Waals surface area contributed by atoms with Gasteiger partial charge in [-0.15, -0.1) is 0 Å². The molecule has 0 aliphatic heterocycles. The number of benzene rings is 1. The summed E-state index contributed by atoms with van der Waals surface area (Å²) >= 11 is 0. The molecule has 0 aromatic heterocycles. The Morgan fingerprint density at radius 3 is 2.29 bits per heavy atom. The van der Waals surface area contributed by atoms with E-state index in [2.05, 4.69) is 0 Å². The first-order valence-corrected chi connectivity index (χ1v) is 4.05. The van der Waals surface area contributed by atoms with Gasteiger partial charge >= 0.3 is 6.18 Å². The quantitative estimate of drug-likeness (QED) is 0.673. The lowest BCUT2D eigenvalue weighted by Crippen LogP contribution is -2.11. The maximum atomic E-state index is 12.5. The van der Waals surface area contributed by atoms with Crippen LogP contribution in [0.5, 0.6) is 0 Å². The van der Waals surface area contributed by atoms with Crippen molar-refractivity contribution in [1.82, 2.24) is 0 Å². The zero-order valence-electron chi connectivity index (χ0n) is 7.87. The molecule has 0 saturated carbocycles. The Balaban J connectivity index is 3.38. The van der Waals surface area contributed by atoms with Crippen LogP contribution in [0.4, 0.5) is 13.2 Å². The van der Waals surface area contributed by atoms with Gasteiger partial charge in [0.05, 0.1) is 5.56 Å². The van der Waals surface area contributed by atoms with E-state index in [1.165, 1.54) is 13.0 Å². The van der Waals surface area contributed by atoms with Gasteiger partial charge < -0.3 is 5.41 Å². The van der Waals surface area contributed by atoms with Gasteiger partial charge in [0.2, 0.25) is 0 Å². The molecule has 0 heterocycles. The van der Waals surface area contributed by atoms with Crippen LogP contribution in [-0.4, -0.2) is 5.71 Å². The van der Waals surface area contributed by atoms with Crippen LogP contribution in [0.1, 0.15) is 23.6 Å². The molecular formula is C10H10F3N. The second-order valence-corrected chi connectivity index (χ2v) is 3.17. The van der Waals surface area contributed by atoms with Gasteiger partial charge in [0, 0.05) is 11.3 Å². The van der Waals surface area contributed by atoms with Gasteiger partial charge in [-0.1, -0.05) is 17.7 Å². The zero-order chi connectivity index (χ0) is 10.9.